The Balaban J connectivity index is 1.32. The molecule has 0 spiro atoms. The summed E-state index contributed by atoms with van der Waals surface area (Å²) >= 11 is 1.59. The number of hydrogen-bond acceptors (Lipinski definition) is 5. The zero-order valence-corrected chi connectivity index (χ0v) is 16.8. The van der Waals surface area contributed by atoms with E-state index in [1.807, 2.05) is 60.6 Å². The van der Waals surface area contributed by atoms with Crippen molar-refractivity contribution >= 4 is 17.2 Å². The van der Waals surface area contributed by atoms with Crippen LogP contribution in [0.3, 0.4) is 0 Å². The lowest BCUT2D eigenvalue weighted by Gasteiger charge is -2.14. The van der Waals surface area contributed by atoms with Gasteiger partial charge in [-0.3, -0.25) is 14.5 Å². The first-order valence-electron chi connectivity index (χ1n) is 9.46. The SMILES string of the molecule is Cn1ccc(-c2nc(CCN3Cc4c(cccc4-c4ccccn4)C3=O)cs2)n1. The molecular formula is C22H19N5OS. The second-order valence-corrected chi connectivity index (χ2v) is 7.90. The van der Waals surface area contributed by atoms with E-state index in [1.54, 1.807) is 22.2 Å². The second kappa shape index (κ2) is 7.25. The van der Waals surface area contributed by atoms with Crippen molar-refractivity contribution in [3.8, 4) is 22.0 Å². The molecule has 6 nitrogen and oxygen atoms in total. The molecule has 0 fully saturated rings. The topological polar surface area (TPSA) is 63.9 Å². The third kappa shape index (κ3) is 3.34. The molecule has 29 heavy (non-hydrogen) atoms. The van der Waals surface area contributed by atoms with E-state index in [9.17, 15) is 4.79 Å². The lowest BCUT2D eigenvalue weighted by molar-refractivity contribution is 0.0780. The van der Waals surface area contributed by atoms with E-state index in [2.05, 4.69) is 20.4 Å². The van der Waals surface area contributed by atoms with Gasteiger partial charge in [-0.05, 0) is 29.8 Å². The zero-order valence-electron chi connectivity index (χ0n) is 15.9. The molecule has 1 aromatic carbocycles. The molecule has 4 heterocycles. The van der Waals surface area contributed by atoms with Crippen LogP contribution in [0.15, 0.2) is 60.2 Å². The van der Waals surface area contributed by atoms with Crippen LogP contribution in [0.25, 0.3) is 22.0 Å². The lowest BCUT2D eigenvalue weighted by atomic mass is 10.0. The van der Waals surface area contributed by atoms with Crippen molar-refractivity contribution in [3.05, 3.63) is 77.1 Å². The molecule has 0 aliphatic carbocycles. The number of rotatable bonds is 5. The molecule has 3 aromatic heterocycles. The Morgan fingerprint density at radius 1 is 1.07 bits per heavy atom. The Bertz CT molecular complexity index is 1180. The van der Waals surface area contributed by atoms with Crippen molar-refractivity contribution in [3.63, 3.8) is 0 Å². The fourth-order valence-corrected chi connectivity index (χ4v) is 4.47. The van der Waals surface area contributed by atoms with Gasteiger partial charge in [0.15, 0.2) is 0 Å². The number of fused-ring (bicyclic) bond motifs is 1. The summed E-state index contributed by atoms with van der Waals surface area (Å²) in [5, 5.41) is 7.37. The van der Waals surface area contributed by atoms with Gasteiger partial charge >= 0.3 is 0 Å². The number of carbonyl (C=O) groups excluding carboxylic acids is 1. The van der Waals surface area contributed by atoms with Gasteiger partial charge in [0.25, 0.3) is 5.91 Å². The molecule has 0 N–H and O–H groups in total. The molecule has 1 aliphatic heterocycles. The average molecular weight is 401 g/mol. The summed E-state index contributed by atoms with van der Waals surface area (Å²) in [6.07, 6.45) is 4.42. The molecule has 1 amide bonds. The van der Waals surface area contributed by atoms with E-state index in [0.717, 1.165) is 45.2 Å². The van der Waals surface area contributed by atoms with Crippen LogP contribution >= 0.6 is 11.3 Å². The van der Waals surface area contributed by atoms with Crippen molar-refractivity contribution in [1.82, 2.24) is 24.6 Å². The number of thiazole rings is 1. The van der Waals surface area contributed by atoms with Crippen molar-refractivity contribution in [2.24, 2.45) is 7.05 Å². The smallest absolute Gasteiger partial charge is 0.254 e. The van der Waals surface area contributed by atoms with E-state index < -0.39 is 0 Å². The minimum atomic E-state index is 0.0814. The van der Waals surface area contributed by atoms with Gasteiger partial charge in [-0.15, -0.1) is 11.3 Å². The van der Waals surface area contributed by atoms with Crippen LogP contribution in [-0.4, -0.2) is 37.1 Å². The summed E-state index contributed by atoms with van der Waals surface area (Å²) in [5.74, 6) is 0.0814. The lowest BCUT2D eigenvalue weighted by Crippen LogP contribution is -2.26. The summed E-state index contributed by atoms with van der Waals surface area (Å²) in [6.45, 7) is 1.25. The molecule has 0 saturated heterocycles. The molecule has 7 heteroatoms. The Morgan fingerprint density at radius 2 is 1.97 bits per heavy atom. The highest BCUT2D eigenvalue weighted by Crippen LogP contribution is 2.32. The molecule has 0 atom stereocenters. The quantitative estimate of drug-likeness (QED) is 0.510. The molecule has 4 aromatic rings. The normalized spacial score (nSPS) is 13.1. The monoisotopic (exact) mass is 401 g/mol. The molecule has 5 rings (SSSR count). The molecular weight excluding hydrogens is 382 g/mol. The van der Waals surface area contributed by atoms with E-state index in [1.165, 1.54) is 0 Å². The molecule has 0 saturated carbocycles. The Morgan fingerprint density at radius 3 is 2.76 bits per heavy atom. The van der Waals surface area contributed by atoms with Gasteiger partial charge in [-0.2, -0.15) is 5.10 Å². The minimum Gasteiger partial charge on any atom is -0.334 e. The van der Waals surface area contributed by atoms with E-state index in [4.69, 9.17) is 0 Å². The number of benzene rings is 1. The number of aryl methyl sites for hydroxylation is 1. The highest BCUT2D eigenvalue weighted by Gasteiger charge is 2.29. The number of carbonyl (C=O) groups is 1. The summed E-state index contributed by atoms with van der Waals surface area (Å²) in [4.78, 5) is 24.0. The fraction of sp³-hybridized carbons (Fsp3) is 0.182. The van der Waals surface area contributed by atoms with E-state index in [-0.39, 0.29) is 5.91 Å². The average Bonchev–Trinajstić information content (AvgIpc) is 3.46. The van der Waals surface area contributed by atoms with Crippen LogP contribution in [0.1, 0.15) is 21.6 Å². The second-order valence-electron chi connectivity index (χ2n) is 7.04. The van der Waals surface area contributed by atoms with Crippen LogP contribution in [0.4, 0.5) is 0 Å². The van der Waals surface area contributed by atoms with E-state index in [0.29, 0.717) is 13.1 Å². The number of aromatic nitrogens is 4. The standard InChI is InChI=1S/C22H19N5OS/c1-26-11-9-20(25-26)21-24-15(14-29-21)8-12-27-13-18-16(19-7-2-3-10-23-19)5-4-6-17(18)22(27)28/h2-7,9-11,14H,8,12-13H2,1H3. The third-order valence-electron chi connectivity index (χ3n) is 5.11. The molecule has 0 bridgehead atoms. The molecule has 1 aliphatic rings. The van der Waals surface area contributed by atoms with Gasteiger partial charge in [0.05, 0.1) is 11.4 Å². The van der Waals surface area contributed by atoms with Gasteiger partial charge in [-0.1, -0.05) is 18.2 Å². The Labute approximate surface area is 172 Å². The third-order valence-corrected chi connectivity index (χ3v) is 6.02. The van der Waals surface area contributed by atoms with Gasteiger partial charge in [0.1, 0.15) is 10.7 Å². The van der Waals surface area contributed by atoms with Crippen molar-refractivity contribution < 1.29 is 4.79 Å². The van der Waals surface area contributed by atoms with Crippen LogP contribution < -0.4 is 0 Å². The van der Waals surface area contributed by atoms with Gasteiger partial charge in [-0.25, -0.2) is 4.98 Å². The van der Waals surface area contributed by atoms with Gasteiger partial charge < -0.3 is 4.90 Å². The fourth-order valence-electron chi connectivity index (χ4n) is 3.65. The Kier molecular flexibility index (Phi) is 4.44. The van der Waals surface area contributed by atoms with Crippen LogP contribution in [0.5, 0.6) is 0 Å². The molecule has 0 radical (unpaired) electrons. The maximum atomic E-state index is 12.9. The Hall–Kier alpha value is -3.32. The number of pyridine rings is 1. The maximum absolute atomic E-state index is 12.9. The number of hydrogen-bond donors (Lipinski definition) is 0. The van der Waals surface area contributed by atoms with Gasteiger partial charge in [0.2, 0.25) is 0 Å². The number of nitrogens with zero attached hydrogens (tertiary/aromatic N) is 5. The molecule has 144 valence electrons. The van der Waals surface area contributed by atoms with Crippen molar-refractivity contribution in [1.29, 1.82) is 0 Å². The van der Waals surface area contributed by atoms with Crippen LogP contribution in [0.2, 0.25) is 0 Å². The minimum absolute atomic E-state index is 0.0814. The summed E-state index contributed by atoms with van der Waals surface area (Å²) in [5.41, 5.74) is 5.64. The first-order chi connectivity index (χ1) is 14.2. The number of amides is 1. The van der Waals surface area contributed by atoms with Crippen LogP contribution in [0, 0.1) is 0 Å². The molecule has 0 unspecified atom stereocenters. The van der Waals surface area contributed by atoms with E-state index >= 15 is 0 Å². The maximum Gasteiger partial charge on any atom is 0.254 e. The summed E-state index contributed by atoms with van der Waals surface area (Å²) < 4.78 is 1.77. The van der Waals surface area contributed by atoms with Crippen molar-refractivity contribution in [2.45, 2.75) is 13.0 Å². The predicted octanol–water partition coefficient (Wildman–Crippen LogP) is 3.80. The highest BCUT2D eigenvalue weighted by molar-refractivity contribution is 7.13. The first-order valence-corrected chi connectivity index (χ1v) is 10.3. The first kappa shape index (κ1) is 17.8. The zero-order chi connectivity index (χ0) is 19.8. The van der Waals surface area contributed by atoms with Crippen molar-refractivity contribution in [2.75, 3.05) is 6.54 Å². The summed E-state index contributed by atoms with van der Waals surface area (Å²) in [6, 6.07) is 13.7. The summed E-state index contributed by atoms with van der Waals surface area (Å²) in [7, 11) is 1.90. The van der Waals surface area contributed by atoms with Crippen LogP contribution in [-0.2, 0) is 20.0 Å². The van der Waals surface area contributed by atoms with Gasteiger partial charge in [0, 0.05) is 55.5 Å². The largest absolute Gasteiger partial charge is 0.334 e. The highest BCUT2D eigenvalue weighted by atomic mass is 32.1. The predicted molar refractivity (Wildman–Crippen MR) is 112 cm³/mol.